The fourth-order valence-electron chi connectivity index (χ4n) is 2.18. The van der Waals surface area contributed by atoms with Gasteiger partial charge in [-0.1, -0.05) is 6.42 Å². The van der Waals surface area contributed by atoms with Gasteiger partial charge in [0.05, 0.1) is 6.04 Å². The lowest BCUT2D eigenvalue weighted by atomic mass is 10.1. The minimum absolute atomic E-state index is 0.0676. The van der Waals surface area contributed by atoms with E-state index < -0.39 is 0 Å². The highest BCUT2D eigenvalue weighted by molar-refractivity contribution is 5.81. The molecule has 0 fully saturated rings. The average Bonchev–Trinajstić information content (AvgIpc) is 2.41. The van der Waals surface area contributed by atoms with Gasteiger partial charge >= 0.3 is 0 Å². The molecule has 0 aliphatic rings. The van der Waals surface area contributed by atoms with Crippen molar-refractivity contribution in [3.05, 3.63) is 0 Å². The highest BCUT2D eigenvalue weighted by Gasteiger charge is 2.10. The summed E-state index contributed by atoms with van der Waals surface area (Å²) in [5.74, 6) is 0.451. The van der Waals surface area contributed by atoms with Crippen molar-refractivity contribution in [3.63, 3.8) is 0 Å². The molecule has 0 rings (SSSR count). The van der Waals surface area contributed by atoms with Gasteiger partial charge in [-0.3, -0.25) is 9.59 Å². The summed E-state index contributed by atoms with van der Waals surface area (Å²) in [7, 11) is 1.79. The van der Waals surface area contributed by atoms with Gasteiger partial charge in [0.1, 0.15) is 11.6 Å². The first kappa shape index (κ1) is 19.8. The van der Waals surface area contributed by atoms with Crippen molar-refractivity contribution in [1.29, 1.82) is 0 Å². The standard InChI is InChI=1S/C16H30N2O3/c1-13(19)9-5-4-6-11-16(21)18-12-8-7-10-15(17-3)14(2)20/h15,17H,4-12H2,1-3H3,(H,18,21). The average molecular weight is 298 g/mol. The summed E-state index contributed by atoms with van der Waals surface area (Å²) in [5, 5.41) is 5.88. The van der Waals surface area contributed by atoms with Gasteiger partial charge in [0.15, 0.2) is 0 Å². The normalized spacial score (nSPS) is 12.0. The van der Waals surface area contributed by atoms with Crippen molar-refractivity contribution in [1.82, 2.24) is 10.6 Å². The molecule has 1 amide bonds. The largest absolute Gasteiger partial charge is 0.356 e. The Morgan fingerprint density at radius 1 is 0.905 bits per heavy atom. The lowest BCUT2D eigenvalue weighted by Crippen LogP contribution is -2.32. The Hall–Kier alpha value is -1.23. The van der Waals surface area contributed by atoms with E-state index in [2.05, 4.69) is 10.6 Å². The number of Topliss-reactive ketones (excluding diaryl/α,β-unsaturated/α-hetero) is 2. The van der Waals surface area contributed by atoms with Crippen molar-refractivity contribution in [2.75, 3.05) is 13.6 Å². The molecule has 1 atom stereocenters. The third-order valence-corrected chi connectivity index (χ3v) is 3.51. The van der Waals surface area contributed by atoms with Crippen LogP contribution in [0, 0.1) is 0 Å². The van der Waals surface area contributed by atoms with E-state index in [1.54, 1.807) is 20.9 Å². The van der Waals surface area contributed by atoms with Crippen LogP contribution in [0.4, 0.5) is 0 Å². The van der Waals surface area contributed by atoms with Crippen LogP contribution >= 0.6 is 0 Å². The highest BCUT2D eigenvalue weighted by Crippen LogP contribution is 2.04. The fraction of sp³-hybridized carbons (Fsp3) is 0.812. The molecule has 0 aliphatic heterocycles. The fourth-order valence-corrected chi connectivity index (χ4v) is 2.18. The number of rotatable bonds is 13. The number of ketones is 2. The Kier molecular flexibility index (Phi) is 11.8. The van der Waals surface area contributed by atoms with Crippen molar-refractivity contribution in [2.45, 2.75) is 71.3 Å². The molecule has 2 N–H and O–H groups in total. The van der Waals surface area contributed by atoms with Crippen LogP contribution in [0.15, 0.2) is 0 Å². The first-order chi connectivity index (χ1) is 9.97. The molecular weight excluding hydrogens is 268 g/mol. The van der Waals surface area contributed by atoms with E-state index in [1.165, 1.54) is 0 Å². The quantitative estimate of drug-likeness (QED) is 0.510. The first-order valence-electron chi connectivity index (χ1n) is 7.91. The van der Waals surface area contributed by atoms with Gasteiger partial charge in [-0.05, 0) is 53.0 Å². The molecule has 21 heavy (non-hydrogen) atoms. The Bertz CT molecular complexity index is 329. The molecule has 0 aromatic carbocycles. The number of hydrogen-bond acceptors (Lipinski definition) is 4. The van der Waals surface area contributed by atoms with Gasteiger partial charge in [0.25, 0.3) is 0 Å². The van der Waals surface area contributed by atoms with Crippen molar-refractivity contribution in [3.8, 4) is 0 Å². The monoisotopic (exact) mass is 298 g/mol. The van der Waals surface area contributed by atoms with Crippen LogP contribution in [0.2, 0.25) is 0 Å². The molecule has 122 valence electrons. The summed E-state index contributed by atoms with van der Waals surface area (Å²) in [6.07, 6.45) is 6.41. The SMILES string of the molecule is CNC(CCCCNC(=O)CCCCCC(C)=O)C(C)=O. The van der Waals surface area contributed by atoms with Gasteiger partial charge < -0.3 is 15.4 Å². The lowest BCUT2D eigenvalue weighted by Gasteiger charge is -2.12. The molecule has 0 bridgehead atoms. The van der Waals surface area contributed by atoms with E-state index >= 15 is 0 Å². The Labute approximate surface area is 128 Å². The molecule has 0 saturated carbocycles. The summed E-state index contributed by atoms with van der Waals surface area (Å²) in [4.78, 5) is 33.5. The van der Waals surface area contributed by atoms with E-state index in [0.717, 1.165) is 38.5 Å². The van der Waals surface area contributed by atoms with Crippen LogP contribution in [0.1, 0.15) is 65.2 Å². The Balaban J connectivity index is 3.45. The molecular formula is C16H30N2O3. The number of unbranched alkanes of at least 4 members (excludes halogenated alkanes) is 3. The Morgan fingerprint density at radius 2 is 1.57 bits per heavy atom. The second-order valence-electron chi connectivity index (χ2n) is 5.56. The predicted octanol–water partition coefficient (Wildman–Crippen LogP) is 1.99. The highest BCUT2D eigenvalue weighted by atomic mass is 16.1. The van der Waals surface area contributed by atoms with E-state index in [0.29, 0.717) is 19.4 Å². The van der Waals surface area contributed by atoms with Crippen LogP contribution in [-0.2, 0) is 14.4 Å². The molecule has 0 heterocycles. The van der Waals surface area contributed by atoms with Gasteiger partial charge in [-0.25, -0.2) is 0 Å². The van der Waals surface area contributed by atoms with Crippen LogP contribution in [0.25, 0.3) is 0 Å². The summed E-state index contributed by atoms with van der Waals surface area (Å²) < 4.78 is 0. The summed E-state index contributed by atoms with van der Waals surface area (Å²) in [6, 6.07) is -0.0676. The molecule has 1 unspecified atom stereocenters. The number of amides is 1. The minimum atomic E-state index is -0.0676. The van der Waals surface area contributed by atoms with E-state index in [9.17, 15) is 14.4 Å². The number of likely N-dealkylation sites (N-methyl/N-ethyl adjacent to an activating group) is 1. The first-order valence-corrected chi connectivity index (χ1v) is 7.91. The predicted molar refractivity (Wildman–Crippen MR) is 84.2 cm³/mol. The zero-order valence-corrected chi connectivity index (χ0v) is 13.7. The molecule has 0 spiro atoms. The van der Waals surface area contributed by atoms with Gasteiger partial charge in [0.2, 0.25) is 5.91 Å². The zero-order valence-electron chi connectivity index (χ0n) is 13.7. The number of nitrogens with one attached hydrogen (secondary N) is 2. The topological polar surface area (TPSA) is 75.3 Å². The minimum Gasteiger partial charge on any atom is -0.356 e. The van der Waals surface area contributed by atoms with Crippen molar-refractivity contribution >= 4 is 17.5 Å². The lowest BCUT2D eigenvalue weighted by molar-refractivity contribution is -0.121. The van der Waals surface area contributed by atoms with Gasteiger partial charge in [0, 0.05) is 19.4 Å². The number of carbonyl (C=O) groups excluding carboxylic acids is 3. The second-order valence-corrected chi connectivity index (χ2v) is 5.56. The van der Waals surface area contributed by atoms with Crippen molar-refractivity contribution < 1.29 is 14.4 Å². The van der Waals surface area contributed by atoms with Crippen molar-refractivity contribution in [2.24, 2.45) is 0 Å². The zero-order chi connectivity index (χ0) is 16.1. The summed E-state index contributed by atoms with van der Waals surface area (Å²) >= 11 is 0. The molecule has 0 aromatic rings. The van der Waals surface area contributed by atoms with Crippen LogP contribution < -0.4 is 10.6 Å². The molecule has 5 nitrogen and oxygen atoms in total. The molecule has 0 saturated heterocycles. The maximum absolute atomic E-state index is 11.6. The van der Waals surface area contributed by atoms with E-state index in [1.807, 2.05) is 0 Å². The number of hydrogen-bond donors (Lipinski definition) is 2. The molecule has 5 heteroatoms. The van der Waals surface area contributed by atoms with Crippen LogP contribution in [0.5, 0.6) is 0 Å². The van der Waals surface area contributed by atoms with Crippen LogP contribution in [-0.4, -0.2) is 37.1 Å². The number of carbonyl (C=O) groups is 3. The maximum Gasteiger partial charge on any atom is 0.219 e. The molecule has 0 radical (unpaired) electrons. The van der Waals surface area contributed by atoms with Crippen LogP contribution in [0.3, 0.4) is 0 Å². The summed E-state index contributed by atoms with van der Waals surface area (Å²) in [6.45, 7) is 3.85. The van der Waals surface area contributed by atoms with E-state index in [4.69, 9.17) is 0 Å². The van der Waals surface area contributed by atoms with Gasteiger partial charge in [-0.15, -0.1) is 0 Å². The Morgan fingerprint density at radius 3 is 2.14 bits per heavy atom. The van der Waals surface area contributed by atoms with Gasteiger partial charge in [-0.2, -0.15) is 0 Å². The summed E-state index contributed by atoms with van der Waals surface area (Å²) in [5.41, 5.74) is 0. The molecule has 0 aromatic heterocycles. The smallest absolute Gasteiger partial charge is 0.219 e. The molecule has 0 aliphatic carbocycles. The second kappa shape index (κ2) is 12.5. The van der Waals surface area contributed by atoms with E-state index in [-0.39, 0.29) is 23.5 Å². The third-order valence-electron chi connectivity index (χ3n) is 3.51. The third kappa shape index (κ3) is 12.2. The maximum atomic E-state index is 11.6.